The summed E-state index contributed by atoms with van der Waals surface area (Å²) in [5, 5.41) is 2.81. The van der Waals surface area contributed by atoms with E-state index in [2.05, 4.69) is 5.32 Å². The lowest BCUT2D eigenvalue weighted by atomic mass is 10.2. The van der Waals surface area contributed by atoms with Crippen molar-refractivity contribution in [2.24, 2.45) is 5.73 Å². The number of hydrogen-bond acceptors (Lipinski definition) is 4. The van der Waals surface area contributed by atoms with Crippen molar-refractivity contribution in [1.82, 2.24) is 5.32 Å². The van der Waals surface area contributed by atoms with Crippen LogP contribution in [0.5, 0.6) is 0 Å². The van der Waals surface area contributed by atoms with Crippen LogP contribution in [0.3, 0.4) is 0 Å². The first kappa shape index (κ1) is 12.4. The first-order valence-corrected chi connectivity index (χ1v) is 5.38. The highest BCUT2D eigenvalue weighted by Crippen LogP contribution is 2.11. The Morgan fingerprint density at radius 3 is 3.13 bits per heavy atom. The monoisotopic (exact) mass is 216 g/mol. The maximum atomic E-state index is 11.5. The largest absolute Gasteiger partial charge is 0.383 e. The molecule has 0 bridgehead atoms. The van der Waals surface area contributed by atoms with Gasteiger partial charge in [0.2, 0.25) is 5.91 Å². The number of nitrogens with one attached hydrogen (secondary N) is 1. The fourth-order valence-corrected chi connectivity index (χ4v) is 1.58. The second-order valence-corrected chi connectivity index (χ2v) is 3.80. The number of nitrogens with two attached hydrogens (primary N) is 1. The third kappa shape index (κ3) is 4.59. The summed E-state index contributed by atoms with van der Waals surface area (Å²) in [6.45, 7) is 1.81. The van der Waals surface area contributed by atoms with E-state index in [1.54, 1.807) is 7.11 Å². The Kier molecular flexibility index (Phi) is 5.60. The molecule has 1 heterocycles. The molecule has 1 amide bonds. The Morgan fingerprint density at radius 2 is 2.53 bits per heavy atom. The van der Waals surface area contributed by atoms with Crippen molar-refractivity contribution in [1.29, 1.82) is 0 Å². The number of rotatable bonds is 6. The molecule has 1 fully saturated rings. The first-order chi connectivity index (χ1) is 7.24. The van der Waals surface area contributed by atoms with E-state index >= 15 is 0 Å². The lowest BCUT2D eigenvalue weighted by Gasteiger charge is -2.13. The van der Waals surface area contributed by atoms with Gasteiger partial charge in [-0.1, -0.05) is 0 Å². The molecule has 2 unspecified atom stereocenters. The van der Waals surface area contributed by atoms with E-state index in [0.29, 0.717) is 19.8 Å². The van der Waals surface area contributed by atoms with Crippen LogP contribution in [0.2, 0.25) is 0 Å². The van der Waals surface area contributed by atoms with Gasteiger partial charge < -0.3 is 20.5 Å². The van der Waals surface area contributed by atoms with Crippen LogP contribution >= 0.6 is 0 Å². The van der Waals surface area contributed by atoms with Gasteiger partial charge in [-0.2, -0.15) is 0 Å². The van der Waals surface area contributed by atoms with Crippen molar-refractivity contribution >= 4 is 5.91 Å². The molecule has 0 radical (unpaired) electrons. The third-order valence-electron chi connectivity index (χ3n) is 2.42. The van der Waals surface area contributed by atoms with Gasteiger partial charge in [-0.05, 0) is 19.3 Å². The van der Waals surface area contributed by atoms with Gasteiger partial charge in [0.05, 0.1) is 6.61 Å². The summed E-state index contributed by atoms with van der Waals surface area (Å²) in [6, 6.07) is -0.0141. The Bertz CT molecular complexity index is 193. The smallest absolute Gasteiger partial charge is 0.249 e. The SMILES string of the molecule is COCC(N)CCNC(=O)C1CCCO1. The van der Waals surface area contributed by atoms with Gasteiger partial charge in [-0.25, -0.2) is 0 Å². The quantitative estimate of drug-likeness (QED) is 0.636. The molecule has 1 aliphatic rings. The minimum absolute atomic E-state index is 0.0141. The van der Waals surface area contributed by atoms with Crippen LogP contribution < -0.4 is 11.1 Å². The molecule has 0 saturated carbocycles. The van der Waals surface area contributed by atoms with Gasteiger partial charge in [0.25, 0.3) is 0 Å². The fraction of sp³-hybridized carbons (Fsp3) is 0.900. The summed E-state index contributed by atoms with van der Waals surface area (Å²) in [6.07, 6.45) is 2.28. The number of amides is 1. The molecule has 5 heteroatoms. The molecular formula is C10H20N2O3. The van der Waals surface area contributed by atoms with E-state index < -0.39 is 0 Å². The predicted octanol–water partition coefficient (Wildman–Crippen LogP) is -0.355. The second-order valence-electron chi connectivity index (χ2n) is 3.80. The average molecular weight is 216 g/mol. The van der Waals surface area contributed by atoms with E-state index in [0.717, 1.165) is 19.3 Å². The molecule has 1 aliphatic heterocycles. The van der Waals surface area contributed by atoms with Crippen molar-refractivity contribution in [3.05, 3.63) is 0 Å². The van der Waals surface area contributed by atoms with Crippen molar-refractivity contribution in [3.63, 3.8) is 0 Å². The zero-order valence-corrected chi connectivity index (χ0v) is 9.20. The summed E-state index contributed by atoms with van der Waals surface area (Å²) in [5.74, 6) is -0.0166. The van der Waals surface area contributed by atoms with Crippen LogP contribution in [0.4, 0.5) is 0 Å². The zero-order valence-electron chi connectivity index (χ0n) is 9.20. The molecule has 2 atom stereocenters. The Hall–Kier alpha value is -0.650. The third-order valence-corrected chi connectivity index (χ3v) is 2.42. The van der Waals surface area contributed by atoms with Crippen molar-refractivity contribution in [2.75, 3.05) is 26.9 Å². The van der Waals surface area contributed by atoms with E-state index in [1.807, 2.05) is 0 Å². The van der Waals surface area contributed by atoms with Gasteiger partial charge in [0, 0.05) is 26.3 Å². The molecule has 0 aromatic carbocycles. The summed E-state index contributed by atoms with van der Waals surface area (Å²) in [7, 11) is 1.62. The molecular weight excluding hydrogens is 196 g/mol. The maximum Gasteiger partial charge on any atom is 0.249 e. The number of methoxy groups -OCH3 is 1. The normalized spacial score (nSPS) is 22.7. The minimum atomic E-state index is -0.247. The molecule has 0 aromatic rings. The van der Waals surface area contributed by atoms with E-state index in [-0.39, 0.29) is 18.1 Å². The van der Waals surface area contributed by atoms with Crippen LogP contribution in [-0.4, -0.2) is 44.9 Å². The van der Waals surface area contributed by atoms with E-state index in [1.165, 1.54) is 0 Å². The first-order valence-electron chi connectivity index (χ1n) is 5.38. The topological polar surface area (TPSA) is 73.6 Å². The maximum absolute atomic E-state index is 11.5. The lowest BCUT2D eigenvalue weighted by molar-refractivity contribution is -0.130. The summed E-state index contributed by atoms with van der Waals surface area (Å²) in [4.78, 5) is 11.5. The molecule has 3 N–H and O–H groups in total. The molecule has 15 heavy (non-hydrogen) atoms. The van der Waals surface area contributed by atoms with Gasteiger partial charge in [0.15, 0.2) is 0 Å². The van der Waals surface area contributed by atoms with Gasteiger partial charge in [-0.15, -0.1) is 0 Å². The van der Waals surface area contributed by atoms with Gasteiger partial charge in [-0.3, -0.25) is 4.79 Å². The Morgan fingerprint density at radius 1 is 1.73 bits per heavy atom. The molecule has 1 saturated heterocycles. The number of ether oxygens (including phenoxy) is 2. The van der Waals surface area contributed by atoms with Crippen LogP contribution in [0.15, 0.2) is 0 Å². The lowest BCUT2D eigenvalue weighted by Crippen LogP contribution is -2.37. The summed E-state index contributed by atoms with van der Waals surface area (Å²) in [5.41, 5.74) is 5.72. The van der Waals surface area contributed by atoms with Crippen LogP contribution in [0.1, 0.15) is 19.3 Å². The van der Waals surface area contributed by atoms with Gasteiger partial charge >= 0.3 is 0 Å². The highest BCUT2D eigenvalue weighted by atomic mass is 16.5. The zero-order chi connectivity index (χ0) is 11.1. The second kappa shape index (κ2) is 6.76. The van der Waals surface area contributed by atoms with Crippen molar-refractivity contribution in [2.45, 2.75) is 31.4 Å². The predicted molar refractivity (Wildman–Crippen MR) is 56.5 cm³/mol. The van der Waals surface area contributed by atoms with Crippen LogP contribution in [0, 0.1) is 0 Å². The van der Waals surface area contributed by atoms with Crippen LogP contribution in [0.25, 0.3) is 0 Å². The summed E-state index contributed by atoms with van der Waals surface area (Å²) >= 11 is 0. The molecule has 0 aromatic heterocycles. The van der Waals surface area contributed by atoms with Gasteiger partial charge in [0.1, 0.15) is 6.10 Å². The highest BCUT2D eigenvalue weighted by molar-refractivity contribution is 5.80. The fourth-order valence-electron chi connectivity index (χ4n) is 1.58. The van der Waals surface area contributed by atoms with Crippen LogP contribution in [-0.2, 0) is 14.3 Å². The Labute approximate surface area is 90.3 Å². The summed E-state index contributed by atoms with van der Waals surface area (Å²) < 4.78 is 10.2. The highest BCUT2D eigenvalue weighted by Gasteiger charge is 2.22. The van der Waals surface area contributed by atoms with Crippen molar-refractivity contribution < 1.29 is 14.3 Å². The molecule has 1 rings (SSSR count). The van der Waals surface area contributed by atoms with Crippen molar-refractivity contribution in [3.8, 4) is 0 Å². The molecule has 88 valence electrons. The molecule has 0 spiro atoms. The molecule has 0 aliphatic carbocycles. The minimum Gasteiger partial charge on any atom is -0.383 e. The van der Waals surface area contributed by atoms with E-state index in [4.69, 9.17) is 15.2 Å². The Balaban J connectivity index is 2.06. The average Bonchev–Trinajstić information content (AvgIpc) is 2.70. The standard InChI is InChI=1S/C10H20N2O3/c1-14-7-8(11)4-5-12-10(13)9-3-2-6-15-9/h8-9H,2-7,11H2,1H3,(H,12,13). The van der Waals surface area contributed by atoms with E-state index in [9.17, 15) is 4.79 Å². The number of hydrogen-bond donors (Lipinski definition) is 2. The number of carbonyl (C=O) groups is 1. The molecule has 5 nitrogen and oxygen atoms in total. The number of carbonyl (C=O) groups excluding carboxylic acids is 1.